The molecule has 0 fully saturated rings. The van der Waals surface area contributed by atoms with Crippen molar-refractivity contribution in [3.63, 3.8) is 0 Å². The maximum absolute atomic E-state index is 9.58. The van der Waals surface area contributed by atoms with Gasteiger partial charge in [0, 0.05) is 11.1 Å². The van der Waals surface area contributed by atoms with E-state index < -0.39 is 0 Å². The number of aliphatic hydroxyl groups excluding tert-OH is 1. The molecule has 3 aromatic rings. The third kappa shape index (κ3) is 2.19. The second-order valence-electron chi connectivity index (χ2n) is 4.92. The Morgan fingerprint density at radius 3 is 2.95 bits per heavy atom. The van der Waals surface area contributed by atoms with Gasteiger partial charge in [-0.2, -0.15) is 0 Å². The quantitative estimate of drug-likeness (QED) is 0.763. The van der Waals surface area contributed by atoms with Crippen molar-refractivity contribution in [2.45, 2.75) is 6.04 Å². The molecule has 0 spiro atoms. The molecule has 0 radical (unpaired) electrons. The van der Waals surface area contributed by atoms with E-state index >= 15 is 0 Å². The van der Waals surface area contributed by atoms with Crippen LogP contribution < -0.4 is 0 Å². The van der Waals surface area contributed by atoms with Crippen LogP contribution in [-0.2, 0) is 0 Å². The Morgan fingerprint density at radius 1 is 1.24 bits per heavy atom. The Bertz CT molecular complexity index is 873. The molecule has 2 N–H and O–H groups in total. The molecule has 2 heterocycles. The van der Waals surface area contributed by atoms with Crippen LogP contribution in [0.2, 0.25) is 0 Å². The number of phenolic OH excluding ortho intramolecular Hbond substituents is 1. The third-order valence-electron chi connectivity index (χ3n) is 3.46. The van der Waals surface area contributed by atoms with Gasteiger partial charge in [0.2, 0.25) is 0 Å². The average Bonchev–Trinajstić information content (AvgIpc) is 3.12. The number of hydrogen-bond donors (Lipinski definition) is 2. The van der Waals surface area contributed by atoms with Gasteiger partial charge in [0.1, 0.15) is 15.8 Å². The van der Waals surface area contributed by atoms with Crippen LogP contribution in [0.15, 0.2) is 35.3 Å². The van der Waals surface area contributed by atoms with Gasteiger partial charge in [-0.1, -0.05) is 6.07 Å². The van der Waals surface area contributed by atoms with Crippen LogP contribution in [-0.4, -0.2) is 38.6 Å². The second kappa shape index (κ2) is 4.98. The molecule has 0 aliphatic carbocycles. The smallest absolute Gasteiger partial charge is 0.149 e. The van der Waals surface area contributed by atoms with Gasteiger partial charge < -0.3 is 10.2 Å². The number of aromatic hydroxyl groups is 1. The van der Waals surface area contributed by atoms with Crippen LogP contribution in [0.3, 0.4) is 0 Å². The lowest BCUT2D eigenvalue weighted by Crippen LogP contribution is -2.08. The highest BCUT2D eigenvalue weighted by Gasteiger charge is 2.21. The molecule has 106 valence electrons. The molecule has 6 heteroatoms. The van der Waals surface area contributed by atoms with E-state index in [0.29, 0.717) is 0 Å². The van der Waals surface area contributed by atoms with E-state index in [1.165, 1.54) is 0 Å². The Hall–Kier alpha value is -1.63. The van der Waals surface area contributed by atoms with Gasteiger partial charge >= 0.3 is 0 Å². The van der Waals surface area contributed by atoms with Gasteiger partial charge in [-0.15, -0.1) is 23.1 Å². The summed E-state index contributed by atoms with van der Waals surface area (Å²) in [5.74, 6) is 1.09. The largest absolute Gasteiger partial charge is 0.508 e. The molecule has 0 saturated carbocycles. The van der Waals surface area contributed by atoms with Gasteiger partial charge in [0.15, 0.2) is 0 Å². The van der Waals surface area contributed by atoms with E-state index in [1.807, 2.05) is 18.2 Å². The first-order valence-electron chi connectivity index (χ1n) is 6.59. The number of aliphatic imine (C=N–C) groups is 1. The molecule has 21 heavy (non-hydrogen) atoms. The second-order valence-corrected chi connectivity index (χ2v) is 6.93. The van der Waals surface area contributed by atoms with Crippen molar-refractivity contribution in [2.75, 3.05) is 12.4 Å². The van der Waals surface area contributed by atoms with Crippen molar-refractivity contribution < 1.29 is 10.2 Å². The van der Waals surface area contributed by atoms with Crippen LogP contribution >= 0.6 is 23.1 Å². The summed E-state index contributed by atoms with van der Waals surface area (Å²) in [6, 6.07) is 9.32. The summed E-state index contributed by atoms with van der Waals surface area (Å²) in [5, 5.41) is 22.7. The fraction of sp³-hybridized carbons (Fsp3) is 0.200. The number of aromatic nitrogens is 1. The van der Waals surface area contributed by atoms with E-state index in [4.69, 9.17) is 0 Å². The molecular formula is C15H12N2O2S2. The minimum absolute atomic E-state index is 0.00861. The summed E-state index contributed by atoms with van der Waals surface area (Å²) in [4.78, 5) is 9.16. The predicted molar refractivity (Wildman–Crippen MR) is 88.7 cm³/mol. The molecule has 1 aliphatic heterocycles. The summed E-state index contributed by atoms with van der Waals surface area (Å²) >= 11 is 3.27. The standard InChI is InChI=1S/C15H12N2O2S2/c18-6-9-7-20-14(16-9)15-17-12-4-1-8-5-10(19)2-3-11(8)13(12)21-15/h1-5,9,18-19H,6-7H2. The molecule has 1 aromatic heterocycles. The molecule has 0 bridgehead atoms. The SMILES string of the molecule is OCC1CSC(c2nc3ccc4cc(O)ccc4c3s2)=N1. The van der Waals surface area contributed by atoms with Crippen molar-refractivity contribution in [3.05, 3.63) is 35.3 Å². The van der Waals surface area contributed by atoms with E-state index in [0.717, 1.165) is 36.8 Å². The van der Waals surface area contributed by atoms with Crippen LogP contribution in [0, 0.1) is 0 Å². The maximum atomic E-state index is 9.58. The monoisotopic (exact) mass is 316 g/mol. The fourth-order valence-electron chi connectivity index (χ4n) is 2.42. The Balaban J connectivity index is 1.88. The van der Waals surface area contributed by atoms with Crippen molar-refractivity contribution in [1.29, 1.82) is 0 Å². The van der Waals surface area contributed by atoms with Crippen LogP contribution in [0.25, 0.3) is 21.0 Å². The lowest BCUT2D eigenvalue weighted by Gasteiger charge is -1.98. The minimum atomic E-state index is -0.00861. The molecule has 0 amide bonds. The minimum Gasteiger partial charge on any atom is -0.508 e. The number of phenols is 1. The summed E-state index contributed by atoms with van der Waals surface area (Å²) in [6.45, 7) is 0.0869. The topological polar surface area (TPSA) is 65.7 Å². The highest BCUT2D eigenvalue weighted by atomic mass is 32.2. The zero-order valence-corrected chi connectivity index (χ0v) is 12.6. The first kappa shape index (κ1) is 13.1. The van der Waals surface area contributed by atoms with Crippen LogP contribution in [0.1, 0.15) is 5.01 Å². The number of rotatable bonds is 2. The number of aliphatic hydroxyl groups is 1. The Morgan fingerprint density at radius 2 is 2.14 bits per heavy atom. The predicted octanol–water partition coefficient (Wildman–Crippen LogP) is 3.01. The summed E-state index contributed by atoms with van der Waals surface area (Å²) in [5.41, 5.74) is 0.948. The number of thiazole rings is 1. The molecule has 0 saturated heterocycles. The molecule has 2 aromatic carbocycles. The van der Waals surface area contributed by atoms with E-state index in [9.17, 15) is 10.2 Å². The van der Waals surface area contributed by atoms with E-state index in [2.05, 4.69) is 9.98 Å². The molecule has 1 unspecified atom stereocenters. The first-order chi connectivity index (χ1) is 10.2. The van der Waals surface area contributed by atoms with E-state index in [1.54, 1.807) is 35.2 Å². The van der Waals surface area contributed by atoms with Crippen molar-refractivity contribution in [1.82, 2.24) is 4.98 Å². The number of hydrogen-bond acceptors (Lipinski definition) is 6. The number of nitrogens with zero attached hydrogens (tertiary/aromatic N) is 2. The Kier molecular flexibility index (Phi) is 3.10. The summed E-state index contributed by atoms with van der Waals surface area (Å²) in [7, 11) is 0. The van der Waals surface area contributed by atoms with Crippen molar-refractivity contribution >= 4 is 49.1 Å². The zero-order chi connectivity index (χ0) is 14.4. The maximum Gasteiger partial charge on any atom is 0.149 e. The number of benzene rings is 2. The zero-order valence-electron chi connectivity index (χ0n) is 11.0. The van der Waals surface area contributed by atoms with Crippen LogP contribution in [0.5, 0.6) is 5.75 Å². The molecule has 1 aliphatic rings. The molecule has 4 nitrogen and oxygen atoms in total. The van der Waals surface area contributed by atoms with Crippen LogP contribution in [0.4, 0.5) is 0 Å². The number of fused-ring (bicyclic) bond motifs is 3. The molecule has 4 rings (SSSR count). The average molecular weight is 316 g/mol. The van der Waals surface area contributed by atoms with Gasteiger partial charge in [0.25, 0.3) is 0 Å². The summed E-state index contributed by atoms with van der Waals surface area (Å²) < 4.78 is 1.11. The lowest BCUT2D eigenvalue weighted by molar-refractivity contribution is 0.277. The van der Waals surface area contributed by atoms with Crippen molar-refractivity contribution in [3.8, 4) is 5.75 Å². The molecule has 1 atom stereocenters. The van der Waals surface area contributed by atoms with Gasteiger partial charge in [-0.3, -0.25) is 4.99 Å². The van der Waals surface area contributed by atoms with Gasteiger partial charge in [-0.05, 0) is 29.7 Å². The highest BCUT2D eigenvalue weighted by molar-refractivity contribution is 8.15. The van der Waals surface area contributed by atoms with Crippen molar-refractivity contribution in [2.24, 2.45) is 4.99 Å². The Labute approximate surface area is 129 Å². The lowest BCUT2D eigenvalue weighted by atomic mass is 10.1. The first-order valence-corrected chi connectivity index (χ1v) is 8.39. The normalized spacial score (nSPS) is 18.5. The van der Waals surface area contributed by atoms with Gasteiger partial charge in [0.05, 0.1) is 22.9 Å². The molecular weight excluding hydrogens is 304 g/mol. The fourth-order valence-corrected chi connectivity index (χ4v) is 4.63. The highest BCUT2D eigenvalue weighted by Crippen LogP contribution is 2.34. The van der Waals surface area contributed by atoms with E-state index in [-0.39, 0.29) is 18.4 Å². The summed E-state index contributed by atoms with van der Waals surface area (Å²) in [6.07, 6.45) is 0. The number of thioether (sulfide) groups is 1. The third-order valence-corrected chi connectivity index (χ3v) is 5.82. The van der Waals surface area contributed by atoms with Gasteiger partial charge in [-0.25, -0.2) is 4.98 Å².